The Morgan fingerprint density at radius 1 is 1.05 bits per heavy atom. The maximum absolute atomic E-state index is 12.1. The van der Waals surface area contributed by atoms with Gasteiger partial charge in [0.2, 0.25) is 0 Å². The molecule has 0 N–H and O–H groups in total. The van der Waals surface area contributed by atoms with Crippen LogP contribution in [0, 0.1) is 0 Å². The van der Waals surface area contributed by atoms with Gasteiger partial charge in [0.25, 0.3) is 5.91 Å². The summed E-state index contributed by atoms with van der Waals surface area (Å²) in [6, 6.07) is 15.1. The summed E-state index contributed by atoms with van der Waals surface area (Å²) in [6.45, 7) is 0.282. The summed E-state index contributed by atoms with van der Waals surface area (Å²) in [5.41, 5.74) is 1.52. The van der Waals surface area contributed by atoms with Gasteiger partial charge in [0.05, 0.1) is 5.69 Å². The molecule has 0 saturated carbocycles. The first-order valence-corrected chi connectivity index (χ1v) is 6.35. The van der Waals surface area contributed by atoms with Crippen LogP contribution >= 0.6 is 0 Å². The molecule has 1 amide bonds. The molecule has 3 rings (SSSR count). The number of rotatable bonds is 2. The molecule has 1 aliphatic heterocycles. The molecule has 1 aliphatic rings. The van der Waals surface area contributed by atoms with Crippen molar-refractivity contribution in [1.29, 1.82) is 0 Å². The molecule has 2 aromatic rings. The number of aromatic nitrogens is 1. The van der Waals surface area contributed by atoms with Crippen LogP contribution in [-0.2, 0) is 4.79 Å². The van der Waals surface area contributed by atoms with E-state index in [0.717, 1.165) is 11.4 Å². The first-order valence-electron chi connectivity index (χ1n) is 6.35. The van der Waals surface area contributed by atoms with Crippen LogP contribution in [0.4, 0.5) is 5.69 Å². The number of anilines is 1. The second-order valence-electron chi connectivity index (χ2n) is 4.54. The minimum absolute atomic E-state index is 0.0571. The SMILES string of the molecule is CN1CC(=O)N(c2ccccc2)N=C1c1ccccn1. The van der Waals surface area contributed by atoms with Crippen molar-refractivity contribution < 1.29 is 4.79 Å². The minimum Gasteiger partial charge on any atom is -0.347 e. The Morgan fingerprint density at radius 2 is 1.80 bits per heavy atom. The van der Waals surface area contributed by atoms with Gasteiger partial charge in [0.1, 0.15) is 12.2 Å². The van der Waals surface area contributed by atoms with Crippen molar-refractivity contribution in [2.24, 2.45) is 5.10 Å². The van der Waals surface area contributed by atoms with Crippen LogP contribution in [0.1, 0.15) is 5.69 Å². The van der Waals surface area contributed by atoms with E-state index in [9.17, 15) is 4.79 Å². The fraction of sp³-hybridized carbons (Fsp3) is 0.133. The van der Waals surface area contributed by atoms with Gasteiger partial charge in [-0.2, -0.15) is 5.01 Å². The smallest absolute Gasteiger partial charge is 0.267 e. The highest BCUT2D eigenvalue weighted by atomic mass is 16.2. The van der Waals surface area contributed by atoms with Gasteiger partial charge >= 0.3 is 0 Å². The third-order valence-corrected chi connectivity index (χ3v) is 3.06. The number of hydrogen-bond acceptors (Lipinski definition) is 4. The molecule has 0 unspecified atom stereocenters. The first-order chi connectivity index (χ1) is 9.75. The molecule has 1 aromatic heterocycles. The molecule has 0 fully saturated rings. The Bertz CT molecular complexity index is 639. The van der Waals surface area contributed by atoms with Crippen molar-refractivity contribution in [3.63, 3.8) is 0 Å². The number of amides is 1. The van der Waals surface area contributed by atoms with Gasteiger partial charge in [-0.1, -0.05) is 24.3 Å². The van der Waals surface area contributed by atoms with Gasteiger partial charge in [-0.05, 0) is 24.3 Å². The van der Waals surface area contributed by atoms with Gasteiger partial charge < -0.3 is 4.90 Å². The highest BCUT2D eigenvalue weighted by molar-refractivity contribution is 6.07. The molecule has 5 heteroatoms. The number of amidine groups is 1. The number of hydrazone groups is 1. The summed E-state index contributed by atoms with van der Waals surface area (Å²) in [6.07, 6.45) is 1.72. The van der Waals surface area contributed by atoms with Crippen LogP contribution in [0.25, 0.3) is 0 Å². The number of carbonyl (C=O) groups excluding carboxylic acids is 1. The summed E-state index contributed by atoms with van der Waals surface area (Å²) < 4.78 is 0. The molecule has 2 heterocycles. The molecule has 0 bridgehead atoms. The normalized spacial score (nSPS) is 15.2. The van der Waals surface area contributed by atoms with Gasteiger partial charge in [0.15, 0.2) is 5.84 Å². The topological polar surface area (TPSA) is 48.8 Å². The van der Waals surface area contributed by atoms with E-state index in [4.69, 9.17) is 0 Å². The summed E-state index contributed by atoms with van der Waals surface area (Å²) in [4.78, 5) is 18.2. The number of carbonyl (C=O) groups is 1. The monoisotopic (exact) mass is 266 g/mol. The highest BCUT2D eigenvalue weighted by Gasteiger charge is 2.26. The number of benzene rings is 1. The molecule has 1 aromatic carbocycles. The fourth-order valence-corrected chi connectivity index (χ4v) is 2.08. The maximum Gasteiger partial charge on any atom is 0.267 e. The number of pyridine rings is 1. The Kier molecular flexibility index (Phi) is 3.16. The summed E-state index contributed by atoms with van der Waals surface area (Å²) >= 11 is 0. The van der Waals surface area contributed by atoms with E-state index in [1.807, 2.05) is 60.5 Å². The van der Waals surface area contributed by atoms with Crippen molar-refractivity contribution in [3.8, 4) is 0 Å². The van der Waals surface area contributed by atoms with Gasteiger partial charge in [-0.25, -0.2) is 0 Å². The van der Waals surface area contributed by atoms with Crippen LogP contribution in [-0.4, -0.2) is 35.2 Å². The molecular formula is C15H14N4O. The van der Waals surface area contributed by atoms with Gasteiger partial charge in [-0.15, -0.1) is 5.10 Å². The average molecular weight is 266 g/mol. The quantitative estimate of drug-likeness (QED) is 0.831. The van der Waals surface area contributed by atoms with Crippen LogP contribution < -0.4 is 5.01 Å². The van der Waals surface area contributed by atoms with Crippen molar-refractivity contribution in [1.82, 2.24) is 9.88 Å². The Hall–Kier alpha value is -2.69. The Labute approximate surface area is 117 Å². The van der Waals surface area contributed by atoms with Crippen LogP contribution in [0.15, 0.2) is 59.8 Å². The highest BCUT2D eigenvalue weighted by Crippen LogP contribution is 2.18. The molecule has 0 atom stereocenters. The van der Waals surface area contributed by atoms with Crippen LogP contribution in [0.3, 0.4) is 0 Å². The molecule has 0 spiro atoms. The fourth-order valence-electron chi connectivity index (χ4n) is 2.08. The Balaban J connectivity index is 2.03. The van der Waals surface area contributed by atoms with E-state index in [1.165, 1.54) is 5.01 Å². The molecule has 100 valence electrons. The zero-order chi connectivity index (χ0) is 13.9. The number of hydrogen-bond donors (Lipinski definition) is 0. The lowest BCUT2D eigenvalue weighted by atomic mass is 10.2. The number of likely N-dealkylation sites (N-methyl/N-ethyl adjacent to an activating group) is 1. The van der Waals surface area contributed by atoms with E-state index < -0.39 is 0 Å². The predicted molar refractivity (Wildman–Crippen MR) is 77.3 cm³/mol. The number of para-hydroxylation sites is 1. The lowest BCUT2D eigenvalue weighted by molar-refractivity contribution is -0.119. The zero-order valence-electron chi connectivity index (χ0n) is 11.1. The summed E-state index contributed by atoms with van der Waals surface area (Å²) in [5, 5.41) is 5.88. The van der Waals surface area contributed by atoms with E-state index >= 15 is 0 Å². The standard InChI is InChI=1S/C15H14N4O/c1-18-11-14(20)19(12-7-3-2-4-8-12)17-15(18)13-9-5-6-10-16-13/h2-10H,11H2,1H3. The lowest BCUT2D eigenvalue weighted by Crippen LogP contribution is -2.46. The molecule has 0 radical (unpaired) electrons. The van der Waals surface area contributed by atoms with Crippen LogP contribution in [0.5, 0.6) is 0 Å². The van der Waals surface area contributed by atoms with Gasteiger partial charge in [-0.3, -0.25) is 9.78 Å². The van der Waals surface area contributed by atoms with Crippen molar-refractivity contribution in [3.05, 3.63) is 60.4 Å². The maximum atomic E-state index is 12.1. The van der Waals surface area contributed by atoms with Gasteiger partial charge in [0, 0.05) is 13.2 Å². The largest absolute Gasteiger partial charge is 0.347 e. The van der Waals surface area contributed by atoms with E-state index in [2.05, 4.69) is 10.1 Å². The van der Waals surface area contributed by atoms with Crippen molar-refractivity contribution in [2.45, 2.75) is 0 Å². The molecule has 0 saturated heterocycles. The Morgan fingerprint density at radius 3 is 2.50 bits per heavy atom. The second-order valence-corrected chi connectivity index (χ2v) is 4.54. The predicted octanol–water partition coefficient (Wildman–Crippen LogP) is 1.72. The zero-order valence-corrected chi connectivity index (χ0v) is 11.1. The molecular weight excluding hydrogens is 252 g/mol. The second kappa shape index (κ2) is 5.13. The number of nitrogens with zero attached hydrogens (tertiary/aromatic N) is 4. The third-order valence-electron chi connectivity index (χ3n) is 3.06. The van der Waals surface area contributed by atoms with Crippen LogP contribution in [0.2, 0.25) is 0 Å². The molecule has 20 heavy (non-hydrogen) atoms. The average Bonchev–Trinajstić information content (AvgIpc) is 2.49. The van der Waals surface area contributed by atoms with E-state index in [1.54, 1.807) is 6.20 Å². The summed E-state index contributed by atoms with van der Waals surface area (Å²) in [7, 11) is 1.84. The first kappa shape index (κ1) is 12.3. The van der Waals surface area contributed by atoms with Crippen molar-refractivity contribution in [2.75, 3.05) is 18.6 Å². The van der Waals surface area contributed by atoms with E-state index in [0.29, 0.717) is 5.84 Å². The van der Waals surface area contributed by atoms with Crippen molar-refractivity contribution >= 4 is 17.4 Å². The lowest BCUT2D eigenvalue weighted by Gasteiger charge is -2.30. The minimum atomic E-state index is -0.0571. The molecule has 5 nitrogen and oxygen atoms in total. The summed E-state index contributed by atoms with van der Waals surface area (Å²) in [5.74, 6) is 0.632. The third kappa shape index (κ3) is 2.25. The molecule has 0 aliphatic carbocycles. The van der Waals surface area contributed by atoms with E-state index in [-0.39, 0.29) is 12.5 Å².